The van der Waals surface area contributed by atoms with Gasteiger partial charge in [-0.05, 0) is 56.1 Å². The van der Waals surface area contributed by atoms with Crippen LogP contribution in [0, 0.1) is 11.7 Å². The van der Waals surface area contributed by atoms with Crippen molar-refractivity contribution in [3.63, 3.8) is 0 Å². The molecular formula is C15H22FNO2. The predicted octanol–water partition coefficient (Wildman–Crippen LogP) is 2.30. The first kappa shape index (κ1) is 14.3. The fraction of sp³-hybridized carbons (Fsp3) is 0.600. The number of ether oxygens (including phenoxy) is 1. The maximum Gasteiger partial charge on any atom is 0.123 e. The van der Waals surface area contributed by atoms with Gasteiger partial charge in [-0.1, -0.05) is 6.92 Å². The molecule has 1 fully saturated rings. The van der Waals surface area contributed by atoms with E-state index in [9.17, 15) is 9.50 Å². The minimum absolute atomic E-state index is 0.248. The Morgan fingerprint density at radius 2 is 1.95 bits per heavy atom. The van der Waals surface area contributed by atoms with E-state index in [0.29, 0.717) is 12.3 Å². The second-order valence-corrected chi connectivity index (χ2v) is 5.40. The van der Waals surface area contributed by atoms with E-state index >= 15 is 0 Å². The molecule has 0 aliphatic carbocycles. The molecule has 0 bridgehead atoms. The molecule has 106 valence electrons. The molecule has 1 atom stereocenters. The van der Waals surface area contributed by atoms with Crippen molar-refractivity contribution in [2.24, 2.45) is 5.92 Å². The molecule has 0 amide bonds. The van der Waals surface area contributed by atoms with Gasteiger partial charge in [0.15, 0.2) is 0 Å². The molecule has 1 aliphatic heterocycles. The summed E-state index contributed by atoms with van der Waals surface area (Å²) in [5.41, 5.74) is 0. The molecule has 0 radical (unpaired) electrons. The number of rotatable bonds is 5. The summed E-state index contributed by atoms with van der Waals surface area (Å²) < 4.78 is 18.2. The first-order valence-electron chi connectivity index (χ1n) is 6.92. The van der Waals surface area contributed by atoms with Crippen LogP contribution in [0.3, 0.4) is 0 Å². The zero-order valence-electron chi connectivity index (χ0n) is 11.4. The van der Waals surface area contributed by atoms with Gasteiger partial charge in [0.05, 0.1) is 0 Å². The third-order valence-electron chi connectivity index (χ3n) is 3.60. The predicted molar refractivity (Wildman–Crippen MR) is 72.7 cm³/mol. The SMILES string of the molecule is CC1CCN(C[C@@H](O)COc2ccc(F)cc2)CC1. The second-order valence-electron chi connectivity index (χ2n) is 5.40. The standard InChI is InChI=1S/C15H22FNO2/c1-12-6-8-17(9-7-12)10-14(18)11-19-15-4-2-13(16)3-5-15/h2-5,12,14,18H,6-11H2,1H3/t14-/m1/s1. The molecule has 1 saturated heterocycles. The highest BCUT2D eigenvalue weighted by molar-refractivity contribution is 5.22. The monoisotopic (exact) mass is 267 g/mol. The highest BCUT2D eigenvalue weighted by atomic mass is 19.1. The van der Waals surface area contributed by atoms with Crippen LogP contribution in [-0.2, 0) is 0 Å². The van der Waals surface area contributed by atoms with Gasteiger partial charge in [0.2, 0.25) is 0 Å². The maximum absolute atomic E-state index is 12.7. The number of hydrogen-bond acceptors (Lipinski definition) is 3. The summed E-state index contributed by atoms with van der Waals surface area (Å²) in [4.78, 5) is 2.28. The van der Waals surface area contributed by atoms with E-state index in [1.54, 1.807) is 12.1 Å². The highest BCUT2D eigenvalue weighted by Gasteiger charge is 2.18. The molecule has 2 rings (SSSR count). The molecule has 1 aliphatic rings. The molecule has 1 heterocycles. The third-order valence-corrected chi connectivity index (χ3v) is 3.60. The van der Waals surface area contributed by atoms with Gasteiger partial charge in [0.25, 0.3) is 0 Å². The lowest BCUT2D eigenvalue weighted by molar-refractivity contribution is 0.0563. The van der Waals surface area contributed by atoms with Crippen molar-refractivity contribution in [2.45, 2.75) is 25.9 Å². The van der Waals surface area contributed by atoms with Crippen LogP contribution in [0.25, 0.3) is 0 Å². The lowest BCUT2D eigenvalue weighted by atomic mass is 9.99. The summed E-state index contributed by atoms with van der Waals surface area (Å²) in [5.74, 6) is 1.10. The van der Waals surface area contributed by atoms with Crippen molar-refractivity contribution in [1.82, 2.24) is 4.90 Å². The largest absolute Gasteiger partial charge is 0.491 e. The first-order valence-corrected chi connectivity index (χ1v) is 6.92. The number of aliphatic hydroxyl groups excluding tert-OH is 1. The van der Waals surface area contributed by atoms with E-state index in [0.717, 1.165) is 19.0 Å². The van der Waals surface area contributed by atoms with Crippen molar-refractivity contribution >= 4 is 0 Å². The Morgan fingerprint density at radius 3 is 2.58 bits per heavy atom. The van der Waals surface area contributed by atoms with Crippen LogP contribution in [0.15, 0.2) is 24.3 Å². The van der Waals surface area contributed by atoms with Crippen LogP contribution >= 0.6 is 0 Å². The average molecular weight is 267 g/mol. The van der Waals surface area contributed by atoms with Crippen LogP contribution < -0.4 is 4.74 Å². The Balaban J connectivity index is 1.69. The quantitative estimate of drug-likeness (QED) is 0.888. The Labute approximate surface area is 114 Å². The summed E-state index contributed by atoms with van der Waals surface area (Å²) in [7, 11) is 0. The molecular weight excluding hydrogens is 245 g/mol. The van der Waals surface area contributed by atoms with Crippen molar-refractivity contribution in [2.75, 3.05) is 26.2 Å². The van der Waals surface area contributed by atoms with E-state index in [1.807, 2.05) is 0 Å². The summed E-state index contributed by atoms with van der Waals surface area (Å²) in [6.07, 6.45) is 1.90. The molecule has 1 aromatic carbocycles. The molecule has 19 heavy (non-hydrogen) atoms. The van der Waals surface area contributed by atoms with Crippen LogP contribution in [0.4, 0.5) is 4.39 Å². The van der Waals surface area contributed by atoms with Gasteiger partial charge in [0.1, 0.15) is 24.3 Å². The minimum atomic E-state index is -0.501. The number of benzene rings is 1. The summed E-state index contributed by atoms with van der Waals surface area (Å²) in [5, 5.41) is 9.94. The smallest absolute Gasteiger partial charge is 0.123 e. The lowest BCUT2D eigenvalue weighted by Crippen LogP contribution is -2.40. The normalized spacial score (nSPS) is 19.3. The molecule has 0 saturated carbocycles. The number of halogens is 1. The number of β-amino-alcohol motifs (C(OH)–C–C–N with tert-alkyl or cyclic N) is 1. The van der Waals surface area contributed by atoms with E-state index in [2.05, 4.69) is 11.8 Å². The van der Waals surface area contributed by atoms with E-state index < -0.39 is 6.10 Å². The van der Waals surface area contributed by atoms with Crippen LogP contribution in [0.5, 0.6) is 5.75 Å². The van der Waals surface area contributed by atoms with Gasteiger partial charge < -0.3 is 14.7 Å². The number of aliphatic hydroxyl groups is 1. The van der Waals surface area contributed by atoms with Gasteiger partial charge in [-0.3, -0.25) is 0 Å². The van der Waals surface area contributed by atoms with Crippen LogP contribution in [0.2, 0.25) is 0 Å². The van der Waals surface area contributed by atoms with Gasteiger partial charge in [-0.25, -0.2) is 4.39 Å². The van der Waals surface area contributed by atoms with Gasteiger partial charge in [-0.15, -0.1) is 0 Å². The third kappa shape index (κ3) is 4.80. The molecule has 3 nitrogen and oxygen atoms in total. The summed E-state index contributed by atoms with van der Waals surface area (Å²) in [6, 6.07) is 5.86. The van der Waals surface area contributed by atoms with Crippen molar-refractivity contribution < 1.29 is 14.2 Å². The minimum Gasteiger partial charge on any atom is -0.491 e. The number of likely N-dealkylation sites (tertiary alicyclic amines) is 1. The van der Waals surface area contributed by atoms with Gasteiger partial charge in [-0.2, -0.15) is 0 Å². The average Bonchev–Trinajstić information content (AvgIpc) is 2.41. The molecule has 0 aromatic heterocycles. The Bertz CT molecular complexity index is 374. The molecule has 0 spiro atoms. The van der Waals surface area contributed by atoms with Crippen molar-refractivity contribution in [1.29, 1.82) is 0 Å². The fourth-order valence-corrected chi connectivity index (χ4v) is 2.32. The van der Waals surface area contributed by atoms with Gasteiger partial charge in [0, 0.05) is 6.54 Å². The topological polar surface area (TPSA) is 32.7 Å². The van der Waals surface area contributed by atoms with Gasteiger partial charge >= 0.3 is 0 Å². The number of hydrogen-bond donors (Lipinski definition) is 1. The highest BCUT2D eigenvalue weighted by Crippen LogP contribution is 2.16. The number of piperidine rings is 1. The first-order chi connectivity index (χ1) is 9.13. The zero-order valence-corrected chi connectivity index (χ0v) is 11.4. The Hall–Kier alpha value is -1.13. The molecule has 1 aromatic rings. The van der Waals surface area contributed by atoms with E-state index in [-0.39, 0.29) is 12.4 Å². The maximum atomic E-state index is 12.7. The lowest BCUT2D eigenvalue weighted by Gasteiger charge is -2.31. The van der Waals surface area contributed by atoms with Crippen molar-refractivity contribution in [3.8, 4) is 5.75 Å². The summed E-state index contributed by atoms with van der Waals surface area (Å²) in [6.45, 7) is 5.26. The van der Waals surface area contributed by atoms with Crippen LogP contribution in [0.1, 0.15) is 19.8 Å². The van der Waals surface area contributed by atoms with Crippen LogP contribution in [-0.4, -0.2) is 42.4 Å². The fourth-order valence-electron chi connectivity index (χ4n) is 2.32. The number of nitrogens with zero attached hydrogens (tertiary/aromatic N) is 1. The molecule has 4 heteroatoms. The zero-order chi connectivity index (χ0) is 13.7. The van der Waals surface area contributed by atoms with E-state index in [4.69, 9.17) is 4.74 Å². The van der Waals surface area contributed by atoms with Crippen molar-refractivity contribution in [3.05, 3.63) is 30.1 Å². The Kier molecular flexibility index (Phi) is 5.16. The van der Waals surface area contributed by atoms with E-state index in [1.165, 1.54) is 25.0 Å². The molecule has 1 N–H and O–H groups in total. The Morgan fingerprint density at radius 1 is 1.32 bits per heavy atom. The summed E-state index contributed by atoms with van der Waals surface area (Å²) >= 11 is 0. The second kappa shape index (κ2) is 6.87. The molecule has 0 unspecified atom stereocenters.